The Bertz CT molecular complexity index is 896. The maximum atomic E-state index is 12.4. The van der Waals surface area contributed by atoms with Crippen molar-refractivity contribution in [2.75, 3.05) is 39.8 Å². The average molecular weight is 405 g/mol. The smallest absolute Gasteiger partial charge is 0.236 e. The summed E-state index contributed by atoms with van der Waals surface area (Å²) in [6.45, 7) is 4.47. The highest BCUT2D eigenvalue weighted by Gasteiger charge is 2.38. The van der Waals surface area contributed by atoms with Crippen LogP contribution in [0.25, 0.3) is 0 Å². The molecule has 6 nitrogen and oxygen atoms in total. The molecule has 2 aliphatic rings. The fourth-order valence-corrected chi connectivity index (χ4v) is 3.83. The van der Waals surface area contributed by atoms with Crippen molar-refractivity contribution in [3.8, 4) is 11.8 Å². The molecule has 0 bridgehead atoms. The highest BCUT2D eigenvalue weighted by Crippen LogP contribution is 2.41. The number of carbonyl (C=O) groups is 1. The van der Waals surface area contributed by atoms with E-state index in [0.717, 1.165) is 43.9 Å². The summed E-state index contributed by atoms with van der Waals surface area (Å²) < 4.78 is 5.85. The predicted molar refractivity (Wildman–Crippen MR) is 115 cm³/mol. The Balaban J connectivity index is 1.20. The van der Waals surface area contributed by atoms with E-state index in [0.29, 0.717) is 30.7 Å². The summed E-state index contributed by atoms with van der Waals surface area (Å²) in [5, 5.41) is 12.3. The van der Waals surface area contributed by atoms with E-state index < -0.39 is 0 Å². The highest BCUT2D eigenvalue weighted by atomic mass is 16.5. The number of carbonyl (C=O) groups excluding carboxylic acids is 1. The normalized spacial score (nSPS) is 21.1. The van der Waals surface area contributed by atoms with Gasteiger partial charge in [0, 0.05) is 38.1 Å². The van der Waals surface area contributed by atoms with Crippen molar-refractivity contribution >= 4 is 5.91 Å². The third-order valence-electron chi connectivity index (χ3n) is 5.96. The number of benzene rings is 2. The van der Waals surface area contributed by atoms with Crippen LogP contribution in [0.3, 0.4) is 0 Å². The molecule has 30 heavy (non-hydrogen) atoms. The molecule has 2 aromatic rings. The van der Waals surface area contributed by atoms with E-state index in [4.69, 9.17) is 10.00 Å². The summed E-state index contributed by atoms with van der Waals surface area (Å²) in [5.41, 5.74) is 2.97. The second-order valence-electron chi connectivity index (χ2n) is 8.18. The van der Waals surface area contributed by atoms with E-state index in [2.05, 4.69) is 35.5 Å². The third kappa shape index (κ3) is 5.18. The van der Waals surface area contributed by atoms with Gasteiger partial charge in [0.15, 0.2) is 0 Å². The Morgan fingerprint density at radius 2 is 1.80 bits per heavy atom. The number of rotatable bonds is 7. The molecule has 156 valence electrons. The lowest BCUT2D eigenvalue weighted by molar-refractivity contribution is -0.131. The Morgan fingerprint density at radius 1 is 1.10 bits per heavy atom. The van der Waals surface area contributed by atoms with E-state index in [1.54, 1.807) is 12.1 Å². The van der Waals surface area contributed by atoms with Gasteiger partial charge < -0.3 is 19.9 Å². The molecule has 0 aromatic heterocycles. The molecule has 1 amide bonds. The van der Waals surface area contributed by atoms with E-state index >= 15 is 0 Å². The van der Waals surface area contributed by atoms with Crippen LogP contribution in [0.15, 0.2) is 48.5 Å². The number of nitrogens with one attached hydrogen (secondary N) is 1. The molecule has 2 atom stereocenters. The number of piperazine rings is 1. The van der Waals surface area contributed by atoms with Gasteiger partial charge in [-0.2, -0.15) is 5.26 Å². The number of nitrogens with zero attached hydrogens (tertiary/aromatic N) is 3. The number of amides is 1. The number of likely N-dealkylation sites (N-methyl/N-ethyl adjacent to an activating group) is 1. The lowest BCUT2D eigenvalue weighted by Gasteiger charge is -2.32. The molecule has 6 heteroatoms. The average Bonchev–Trinajstić information content (AvgIpc) is 3.57. The van der Waals surface area contributed by atoms with Gasteiger partial charge in [0.25, 0.3) is 0 Å². The number of hydrogen-bond donors (Lipinski definition) is 1. The number of ether oxygens (including phenoxy) is 1. The Labute approximate surface area is 178 Å². The summed E-state index contributed by atoms with van der Waals surface area (Å²) in [4.78, 5) is 16.6. The van der Waals surface area contributed by atoms with Gasteiger partial charge in [-0.05, 0) is 48.9 Å². The minimum atomic E-state index is 0.209. The fourth-order valence-electron chi connectivity index (χ4n) is 3.83. The quantitative estimate of drug-likeness (QED) is 0.767. The Hall–Kier alpha value is -2.88. The van der Waals surface area contributed by atoms with Crippen LogP contribution >= 0.6 is 0 Å². The maximum absolute atomic E-state index is 12.4. The van der Waals surface area contributed by atoms with Crippen LogP contribution in [-0.2, 0) is 11.4 Å². The zero-order valence-electron chi connectivity index (χ0n) is 17.4. The van der Waals surface area contributed by atoms with Crippen molar-refractivity contribution in [2.45, 2.75) is 25.0 Å². The van der Waals surface area contributed by atoms with Gasteiger partial charge in [0.05, 0.1) is 18.2 Å². The molecule has 1 aliphatic carbocycles. The summed E-state index contributed by atoms with van der Waals surface area (Å²) in [6.07, 6.45) is 1.07. The summed E-state index contributed by atoms with van der Waals surface area (Å²) in [5.74, 6) is 1.51. The van der Waals surface area contributed by atoms with E-state index in [-0.39, 0.29) is 5.91 Å². The predicted octanol–water partition coefficient (Wildman–Crippen LogP) is 2.36. The van der Waals surface area contributed by atoms with Crippen LogP contribution in [0.2, 0.25) is 0 Å². The monoisotopic (exact) mass is 404 g/mol. The van der Waals surface area contributed by atoms with Crippen LogP contribution in [0.5, 0.6) is 5.75 Å². The maximum Gasteiger partial charge on any atom is 0.236 e. The SMILES string of the molecule is CN1CCN(C(=O)CN[C@H]2C[C@@H]2c2ccc(OCc3ccc(C#N)cc3)cc2)CC1. The van der Waals surface area contributed by atoms with E-state index in [9.17, 15) is 4.79 Å². The van der Waals surface area contributed by atoms with Gasteiger partial charge in [-0.3, -0.25) is 4.79 Å². The molecule has 4 rings (SSSR count). The molecule has 2 fully saturated rings. The molecular weight excluding hydrogens is 376 g/mol. The lowest BCUT2D eigenvalue weighted by atomic mass is 10.1. The van der Waals surface area contributed by atoms with E-state index in [1.807, 2.05) is 29.2 Å². The van der Waals surface area contributed by atoms with Crippen molar-refractivity contribution in [1.82, 2.24) is 15.1 Å². The first-order valence-electron chi connectivity index (χ1n) is 10.5. The minimum Gasteiger partial charge on any atom is -0.489 e. The first-order chi connectivity index (χ1) is 14.6. The molecule has 1 saturated carbocycles. The van der Waals surface area contributed by atoms with Gasteiger partial charge in [-0.15, -0.1) is 0 Å². The number of hydrogen-bond acceptors (Lipinski definition) is 5. The van der Waals surface area contributed by atoms with Crippen molar-refractivity contribution in [3.05, 3.63) is 65.2 Å². The van der Waals surface area contributed by atoms with Gasteiger partial charge in [-0.25, -0.2) is 0 Å². The van der Waals surface area contributed by atoms with Gasteiger partial charge in [0.2, 0.25) is 5.91 Å². The molecule has 1 N–H and O–H groups in total. The van der Waals surface area contributed by atoms with Crippen LogP contribution < -0.4 is 10.1 Å². The molecule has 0 radical (unpaired) electrons. The van der Waals surface area contributed by atoms with Crippen LogP contribution in [0.4, 0.5) is 0 Å². The third-order valence-corrected chi connectivity index (χ3v) is 5.96. The summed E-state index contributed by atoms with van der Waals surface area (Å²) >= 11 is 0. The highest BCUT2D eigenvalue weighted by molar-refractivity contribution is 5.78. The lowest BCUT2D eigenvalue weighted by Crippen LogP contribution is -2.49. The zero-order chi connectivity index (χ0) is 20.9. The Kier molecular flexibility index (Phi) is 6.32. The van der Waals surface area contributed by atoms with Crippen LogP contribution in [0.1, 0.15) is 29.0 Å². The van der Waals surface area contributed by atoms with Crippen molar-refractivity contribution < 1.29 is 9.53 Å². The van der Waals surface area contributed by atoms with Crippen LogP contribution in [0, 0.1) is 11.3 Å². The fraction of sp³-hybridized carbons (Fsp3) is 0.417. The summed E-state index contributed by atoms with van der Waals surface area (Å²) in [6, 6.07) is 18.2. The van der Waals surface area contributed by atoms with Crippen molar-refractivity contribution in [2.24, 2.45) is 0 Å². The second-order valence-corrected chi connectivity index (χ2v) is 8.18. The van der Waals surface area contributed by atoms with Crippen molar-refractivity contribution in [3.63, 3.8) is 0 Å². The molecule has 2 aromatic carbocycles. The topological polar surface area (TPSA) is 68.6 Å². The molecule has 1 saturated heterocycles. The second kappa shape index (κ2) is 9.29. The largest absolute Gasteiger partial charge is 0.489 e. The van der Waals surface area contributed by atoms with Crippen LogP contribution in [-0.4, -0.2) is 61.5 Å². The zero-order valence-corrected chi connectivity index (χ0v) is 17.4. The molecule has 1 heterocycles. The van der Waals surface area contributed by atoms with Gasteiger partial charge >= 0.3 is 0 Å². The standard InChI is InChI=1S/C24H28N4O2/c1-27-10-12-28(13-11-27)24(29)16-26-23-14-22(23)20-6-8-21(9-7-20)30-17-19-4-2-18(15-25)3-5-19/h2-9,22-23,26H,10-14,16-17H2,1H3/t22-,23+/m1/s1. The van der Waals surface area contributed by atoms with Crippen molar-refractivity contribution in [1.29, 1.82) is 5.26 Å². The number of nitriles is 1. The molecular formula is C24H28N4O2. The summed E-state index contributed by atoms with van der Waals surface area (Å²) in [7, 11) is 2.10. The first-order valence-corrected chi connectivity index (χ1v) is 10.5. The first kappa shape index (κ1) is 20.4. The molecule has 0 spiro atoms. The van der Waals surface area contributed by atoms with Gasteiger partial charge in [-0.1, -0.05) is 24.3 Å². The molecule has 0 unspecified atom stereocenters. The Morgan fingerprint density at radius 3 is 2.47 bits per heavy atom. The van der Waals surface area contributed by atoms with E-state index in [1.165, 1.54) is 5.56 Å². The molecule has 1 aliphatic heterocycles. The minimum absolute atomic E-state index is 0.209. The van der Waals surface area contributed by atoms with Gasteiger partial charge in [0.1, 0.15) is 12.4 Å².